The maximum Gasteiger partial charge on any atom is 0.229 e. The molecule has 0 aromatic heterocycles. The average Bonchev–Trinajstić information content (AvgIpc) is 3.47. The number of aldehydes is 1. The Morgan fingerprint density at radius 1 is 1.16 bits per heavy atom. The van der Waals surface area contributed by atoms with Crippen LogP contribution in [-0.2, 0) is 4.79 Å². The summed E-state index contributed by atoms with van der Waals surface area (Å²) < 4.78 is 0. The fourth-order valence-electron chi connectivity index (χ4n) is 4.90. The topological polar surface area (TPSA) is 49.4 Å². The Hall–Kier alpha value is -2.33. The highest BCUT2D eigenvalue weighted by atomic mass is 35.5. The number of amides is 1. The van der Waals surface area contributed by atoms with Gasteiger partial charge in [-0.1, -0.05) is 49.6 Å². The molecule has 1 N–H and O–H groups in total. The number of unbranched alkanes of at least 4 members (excludes halogenated alkanes) is 1. The van der Waals surface area contributed by atoms with Gasteiger partial charge >= 0.3 is 0 Å². The van der Waals surface area contributed by atoms with Gasteiger partial charge in [-0.25, -0.2) is 0 Å². The minimum Gasteiger partial charge on any atom is -0.385 e. The van der Waals surface area contributed by atoms with Crippen LogP contribution in [0.25, 0.3) is 0 Å². The van der Waals surface area contributed by atoms with Crippen LogP contribution in [0.3, 0.4) is 0 Å². The van der Waals surface area contributed by atoms with Crippen LogP contribution in [0.5, 0.6) is 0 Å². The summed E-state index contributed by atoms with van der Waals surface area (Å²) in [6, 6.07) is 12.0. The minimum absolute atomic E-state index is 0.0511. The van der Waals surface area contributed by atoms with Crippen molar-refractivity contribution in [2.24, 2.45) is 5.92 Å². The molecule has 1 heterocycles. The van der Waals surface area contributed by atoms with E-state index in [0.717, 1.165) is 56.4 Å². The summed E-state index contributed by atoms with van der Waals surface area (Å²) in [5.41, 5.74) is 5.48. The van der Waals surface area contributed by atoms with Gasteiger partial charge < -0.3 is 10.2 Å². The van der Waals surface area contributed by atoms with Crippen LogP contribution in [-0.4, -0.2) is 36.7 Å². The monoisotopic (exact) mass is 452 g/mol. The maximum atomic E-state index is 13.0. The van der Waals surface area contributed by atoms with Gasteiger partial charge in [-0.2, -0.15) is 0 Å². The molecule has 2 atom stereocenters. The van der Waals surface area contributed by atoms with E-state index < -0.39 is 0 Å². The third-order valence-corrected chi connectivity index (χ3v) is 7.58. The van der Waals surface area contributed by atoms with Crippen molar-refractivity contribution < 1.29 is 9.59 Å². The number of nitrogens with zero attached hydrogens (tertiary/aromatic N) is 1. The van der Waals surface area contributed by atoms with Crippen molar-refractivity contribution in [2.75, 3.05) is 25.0 Å². The molecular weight excluding hydrogens is 420 g/mol. The molecule has 5 heteroatoms. The zero-order chi connectivity index (χ0) is 22.7. The van der Waals surface area contributed by atoms with E-state index in [0.29, 0.717) is 22.4 Å². The number of anilines is 1. The number of rotatable bonds is 9. The summed E-state index contributed by atoms with van der Waals surface area (Å²) in [6.45, 7) is 6.94. The first-order valence-electron chi connectivity index (χ1n) is 11.9. The lowest BCUT2D eigenvalue weighted by molar-refractivity contribution is -0.133. The second-order valence-electron chi connectivity index (χ2n) is 9.38. The van der Waals surface area contributed by atoms with Crippen molar-refractivity contribution in [2.45, 2.75) is 57.8 Å². The van der Waals surface area contributed by atoms with E-state index in [9.17, 15) is 9.59 Å². The molecule has 4 rings (SSSR count). The third kappa shape index (κ3) is 5.17. The van der Waals surface area contributed by atoms with Gasteiger partial charge in [-0.15, -0.1) is 0 Å². The highest BCUT2D eigenvalue weighted by Crippen LogP contribution is 2.44. The molecular formula is C27H33ClN2O2. The van der Waals surface area contributed by atoms with Crippen LogP contribution in [0.1, 0.15) is 84.8 Å². The summed E-state index contributed by atoms with van der Waals surface area (Å²) in [4.78, 5) is 25.9. The van der Waals surface area contributed by atoms with Crippen molar-refractivity contribution in [3.63, 3.8) is 0 Å². The fraction of sp³-hybridized carbons (Fsp3) is 0.481. The zero-order valence-electron chi connectivity index (χ0n) is 19.1. The molecule has 1 aliphatic heterocycles. The van der Waals surface area contributed by atoms with Crippen LogP contribution in [0, 0.1) is 5.92 Å². The molecule has 0 saturated carbocycles. The number of hydrogen-bond acceptors (Lipinski definition) is 3. The first-order valence-corrected chi connectivity index (χ1v) is 12.3. The number of nitrogens with one attached hydrogen (secondary N) is 1. The lowest BCUT2D eigenvalue weighted by Gasteiger charge is -2.33. The van der Waals surface area contributed by atoms with Gasteiger partial charge in [0.2, 0.25) is 5.91 Å². The van der Waals surface area contributed by atoms with Crippen molar-refractivity contribution in [1.29, 1.82) is 0 Å². The van der Waals surface area contributed by atoms with E-state index in [1.54, 1.807) is 12.1 Å². The van der Waals surface area contributed by atoms with E-state index in [1.165, 1.54) is 24.0 Å². The summed E-state index contributed by atoms with van der Waals surface area (Å²) in [5.74, 6) is 1.52. The van der Waals surface area contributed by atoms with Crippen molar-refractivity contribution in [1.82, 2.24) is 4.90 Å². The summed E-state index contributed by atoms with van der Waals surface area (Å²) in [7, 11) is 0. The molecule has 32 heavy (non-hydrogen) atoms. The zero-order valence-corrected chi connectivity index (χ0v) is 19.8. The number of hydrogen-bond donors (Lipinski definition) is 1. The second-order valence-corrected chi connectivity index (χ2v) is 9.78. The molecule has 2 aromatic carbocycles. The summed E-state index contributed by atoms with van der Waals surface area (Å²) in [6.07, 6.45) is 6.48. The minimum atomic E-state index is -0.0511. The quantitative estimate of drug-likeness (QED) is 0.361. The molecule has 0 bridgehead atoms. The molecule has 1 fully saturated rings. The number of piperidine rings is 1. The standard InChI is InChI=1S/C27H33ClN2O2/c1-18(21-7-9-24-19(2)25(24)15-21)27(32)30-13-10-20(11-14-30)5-3-4-12-29-23-8-6-22(17-31)26(28)16-23/h6-9,15-20,29H,3-5,10-14H2,1-2H3. The summed E-state index contributed by atoms with van der Waals surface area (Å²) >= 11 is 6.08. The van der Waals surface area contributed by atoms with Gasteiger partial charge in [0.25, 0.3) is 0 Å². The Balaban J connectivity index is 1.14. The normalized spacial score (nSPS) is 18.7. The molecule has 0 spiro atoms. The number of carbonyl (C=O) groups is 2. The van der Waals surface area contributed by atoms with Gasteiger partial charge in [0.15, 0.2) is 6.29 Å². The van der Waals surface area contributed by atoms with Crippen LogP contribution < -0.4 is 5.32 Å². The fourth-order valence-corrected chi connectivity index (χ4v) is 5.12. The Morgan fingerprint density at radius 2 is 1.94 bits per heavy atom. The van der Waals surface area contributed by atoms with Gasteiger partial charge in [0, 0.05) is 36.8 Å². The molecule has 1 saturated heterocycles. The average molecular weight is 453 g/mol. The lowest BCUT2D eigenvalue weighted by Crippen LogP contribution is -2.40. The van der Waals surface area contributed by atoms with Crippen molar-refractivity contribution in [3.05, 3.63) is 63.7 Å². The predicted octanol–water partition coefficient (Wildman–Crippen LogP) is 6.24. The van der Waals surface area contributed by atoms with Gasteiger partial charge in [0.1, 0.15) is 0 Å². The van der Waals surface area contributed by atoms with Crippen LogP contribution >= 0.6 is 11.6 Å². The third-order valence-electron chi connectivity index (χ3n) is 7.25. The Morgan fingerprint density at radius 3 is 2.62 bits per heavy atom. The first-order chi connectivity index (χ1) is 15.5. The molecule has 2 unspecified atom stereocenters. The molecule has 2 aliphatic rings. The van der Waals surface area contributed by atoms with Crippen LogP contribution in [0.2, 0.25) is 5.02 Å². The smallest absolute Gasteiger partial charge is 0.229 e. The molecule has 0 radical (unpaired) electrons. The number of halogens is 1. The van der Waals surface area contributed by atoms with Crippen molar-refractivity contribution >= 4 is 29.5 Å². The number of likely N-dealkylation sites (tertiary alicyclic amines) is 1. The predicted molar refractivity (Wildman–Crippen MR) is 131 cm³/mol. The molecule has 170 valence electrons. The van der Waals surface area contributed by atoms with Gasteiger partial charge in [-0.3, -0.25) is 9.59 Å². The van der Waals surface area contributed by atoms with Crippen molar-refractivity contribution in [3.8, 4) is 0 Å². The maximum absolute atomic E-state index is 13.0. The van der Waals surface area contributed by atoms with E-state index in [2.05, 4.69) is 42.3 Å². The largest absolute Gasteiger partial charge is 0.385 e. The molecule has 1 aliphatic carbocycles. The number of carbonyl (C=O) groups excluding carboxylic acids is 2. The van der Waals surface area contributed by atoms with E-state index in [-0.39, 0.29) is 11.8 Å². The number of benzene rings is 2. The van der Waals surface area contributed by atoms with Gasteiger partial charge in [0.05, 0.1) is 10.9 Å². The van der Waals surface area contributed by atoms with E-state index in [4.69, 9.17) is 11.6 Å². The highest BCUT2D eigenvalue weighted by Gasteiger charge is 2.31. The van der Waals surface area contributed by atoms with E-state index in [1.807, 2.05) is 6.07 Å². The Bertz CT molecular complexity index is 982. The number of fused-ring (bicyclic) bond motifs is 1. The van der Waals surface area contributed by atoms with Crippen LogP contribution in [0.4, 0.5) is 5.69 Å². The molecule has 2 aromatic rings. The molecule has 4 nitrogen and oxygen atoms in total. The SMILES string of the molecule is CC(C(=O)N1CCC(CCCCNc2ccc(C=O)c(Cl)c2)CC1)c1ccc2c(c1)C2C. The summed E-state index contributed by atoms with van der Waals surface area (Å²) in [5, 5.41) is 3.87. The molecule has 1 amide bonds. The highest BCUT2D eigenvalue weighted by molar-refractivity contribution is 6.33. The Labute approximate surface area is 196 Å². The first kappa shape index (κ1) is 22.8. The Kier molecular flexibility index (Phi) is 7.20. The van der Waals surface area contributed by atoms with Gasteiger partial charge in [-0.05, 0) is 67.0 Å². The van der Waals surface area contributed by atoms with E-state index >= 15 is 0 Å². The lowest BCUT2D eigenvalue weighted by atomic mass is 9.90. The van der Waals surface area contributed by atoms with Crippen LogP contribution in [0.15, 0.2) is 36.4 Å². The second kappa shape index (κ2) is 10.1.